The molecule has 1 amide bonds. The monoisotopic (exact) mass is 478 g/mol. The number of allylic oxidation sites excluding steroid dienone is 1. The first-order chi connectivity index (χ1) is 16.0. The number of ketones is 1. The van der Waals surface area contributed by atoms with Gasteiger partial charge in [-0.2, -0.15) is 0 Å². The van der Waals surface area contributed by atoms with Gasteiger partial charge in [-0.15, -0.1) is 0 Å². The van der Waals surface area contributed by atoms with Gasteiger partial charge < -0.3 is 10.1 Å². The first kappa shape index (κ1) is 22.8. The highest BCUT2D eigenvalue weighted by Gasteiger charge is 2.13. The van der Waals surface area contributed by atoms with Gasteiger partial charge in [-0.25, -0.2) is 0 Å². The summed E-state index contributed by atoms with van der Waals surface area (Å²) in [4.78, 5) is 29.1. The molecule has 0 fully saturated rings. The van der Waals surface area contributed by atoms with Crippen LogP contribution in [0.4, 0.5) is 11.4 Å². The number of hydrogen-bond acceptors (Lipinski definition) is 4. The van der Waals surface area contributed by atoms with Crippen molar-refractivity contribution >= 4 is 58.6 Å². The van der Waals surface area contributed by atoms with Crippen LogP contribution in [0, 0.1) is 0 Å². The molecule has 0 aliphatic carbocycles. The van der Waals surface area contributed by atoms with Crippen molar-refractivity contribution < 1.29 is 14.3 Å². The minimum atomic E-state index is -0.302. The molecule has 0 spiro atoms. The lowest BCUT2D eigenvalue weighted by Crippen LogP contribution is -2.20. The Morgan fingerprint density at radius 2 is 1.88 bits per heavy atom. The molecule has 0 radical (unpaired) electrons. The molecule has 166 valence electrons. The van der Waals surface area contributed by atoms with E-state index < -0.39 is 0 Å². The van der Waals surface area contributed by atoms with E-state index in [1.165, 1.54) is 6.08 Å². The third kappa shape index (κ3) is 5.89. The zero-order valence-corrected chi connectivity index (χ0v) is 19.1. The summed E-state index contributed by atoms with van der Waals surface area (Å²) < 4.78 is 5.68. The van der Waals surface area contributed by atoms with Crippen molar-refractivity contribution in [3.63, 3.8) is 0 Å². The first-order valence-corrected chi connectivity index (χ1v) is 11.1. The number of nitrogens with zero attached hydrogens (tertiary/aromatic N) is 1. The third-order valence-electron chi connectivity index (χ3n) is 5.03. The molecular formula is C26H20Cl2N2O3. The Labute approximate surface area is 201 Å². The smallest absolute Gasteiger partial charge is 0.262 e. The number of hydrogen-bond donors (Lipinski definition) is 1. The maximum Gasteiger partial charge on any atom is 0.262 e. The van der Waals surface area contributed by atoms with E-state index in [9.17, 15) is 9.59 Å². The van der Waals surface area contributed by atoms with Crippen LogP contribution in [-0.4, -0.2) is 24.5 Å². The quantitative estimate of drug-likeness (QED) is 0.309. The van der Waals surface area contributed by atoms with E-state index >= 15 is 0 Å². The Balaban J connectivity index is 1.33. The zero-order chi connectivity index (χ0) is 23.2. The lowest BCUT2D eigenvalue weighted by Gasteiger charge is -2.14. The number of nitrogens with one attached hydrogen (secondary N) is 1. The van der Waals surface area contributed by atoms with Gasteiger partial charge in [0.2, 0.25) is 0 Å². The Morgan fingerprint density at radius 3 is 2.67 bits per heavy atom. The van der Waals surface area contributed by atoms with Gasteiger partial charge in [0.25, 0.3) is 5.91 Å². The van der Waals surface area contributed by atoms with E-state index in [4.69, 9.17) is 27.9 Å². The second kappa shape index (κ2) is 10.5. The van der Waals surface area contributed by atoms with Crippen molar-refractivity contribution in [3.05, 3.63) is 93.5 Å². The van der Waals surface area contributed by atoms with Crippen molar-refractivity contribution in [2.24, 2.45) is 4.99 Å². The summed E-state index contributed by atoms with van der Waals surface area (Å²) in [6.07, 6.45) is 6.76. The minimum Gasteiger partial charge on any atom is -0.481 e. The molecule has 0 saturated carbocycles. The van der Waals surface area contributed by atoms with E-state index in [0.29, 0.717) is 32.6 Å². The number of carbonyl (C=O) groups excluding carboxylic acids is 2. The van der Waals surface area contributed by atoms with Gasteiger partial charge in [-0.05, 0) is 78.6 Å². The summed E-state index contributed by atoms with van der Waals surface area (Å²) in [5, 5.41) is 3.77. The second-order valence-corrected chi connectivity index (χ2v) is 8.24. The number of anilines is 1. The second-order valence-electron chi connectivity index (χ2n) is 7.39. The van der Waals surface area contributed by atoms with Crippen molar-refractivity contribution in [2.45, 2.75) is 12.8 Å². The van der Waals surface area contributed by atoms with E-state index in [1.54, 1.807) is 54.6 Å². The van der Waals surface area contributed by atoms with Crippen molar-refractivity contribution in [1.82, 2.24) is 0 Å². The number of halogens is 2. The van der Waals surface area contributed by atoms with Crippen LogP contribution in [0.2, 0.25) is 10.0 Å². The SMILES string of the molecule is O=C(COc1cccc2c1N=CCC2)Nc1ccc(C(=O)/C=C/c2ccc(Cl)cc2Cl)cc1. The Morgan fingerprint density at radius 1 is 1.06 bits per heavy atom. The highest BCUT2D eigenvalue weighted by molar-refractivity contribution is 6.35. The molecule has 0 saturated heterocycles. The van der Waals surface area contributed by atoms with Crippen LogP contribution in [0.3, 0.4) is 0 Å². The van der Waals surface area contributed by atoms with Gasteiger partial charge in [0.1, 0.15) is 11.4 Å². The van der Waals surface area contributed by atoms with Gasteiger partial charge in [-0.1, -0.05) is 41.4 Å². The van der Waals surface area contributed by atoms with Gasteiger partial charge in [0, 0.05) is 27.5 Å². The molecule has 3 aromatic rings. The fourth-order valence-corrected chi connectivity index (χ4v) is 3.84. The molecule has 7 heteroatoms. The van der Waals surface area contributed by atoms with Crippen molar-refractivity contribution in [1.29, 1.82) is 0 Å². The topological polar surface area (TPSA) is 67.8 Å². The number of aryl methyl sites for hydroxylation is 1. The lowest BCUT2D eigenvalue weighted by atomic mass is 10.1. The van der Waals surface area contributed by atoms with Crippen LogP contribution >= 0.6 is 23.2 Å². The summed E-state index contributed by atoms with van der Waals surface area (Å²) in [5.41, 5.74) is 3.65. The lowest BCUT2D eigenvalue weighted by molar-refractivity contribution is -0.118. The summed E-state index contributed by atoms with van der Waals surface area (Å²) >= 11 is 12.0. The van der Waals surface area contributed by atoms with E-state index in [0.717, 1.165) is 24.1 Å². The summed E-state index contributed by atoms with van der Waals surface area (Å²) in [6, 6.07) is 17.4. The predicted molar refractivity (Wildman–Crippen MR) is 133 cm³/mol. The van der Waals surface area contributed by atoms with E-state index in [-0.39, 0.29) is 18.3 Å². The number of amides is 1. The number of fused-ring (bicyclic) bond motifs is 1. The van der Waals surface area contributed by atoms with Gasteiger partial charge in [0.05, 0.1) is 0 Å². The number of ether oxygens (including phenoxy) is 1. The Hall–Kier alpha value is -3.41. The first-order valence-electron chi connectivity index (χ1n) is 10.3. The largest absolute Gasteiger partial charge is 0.481 e. The van der Waals surface area contributed by atoms with Crippen LogP contribution in [0.25, 0.3) is 6.08 Å². The molecule has 33 heavy (non-hydrogen) atoms. The summed E-state index contributed by atoms with van der Waals surface area (Å²) in [6.45, 7) is -0.142. The van der Waals surface area contributed by atoms with Crippen LogP contribution in [0.1, 0.15) is 27.9 Å². The van der Waals surface area contributed by atoms with Crippen LogP contribution in [0.5, 0.6) is 5.75 Å². The number of carbonyl (C=O) groups is 2. The Kier molecular flexibility index (Phi) is 7.23. The number of benzene rings is 3. The highest BCUT2D eigenvalue weighted by Crippen LogP contribution is 2.34. The summed E-state index contributed by atoms with van der Waals surface area (Å²) in [5.74, 6) is 0.104. The van der Waals surface area contributed by atoms with Crippen molar-refractivity contribution in [2.75, 3.05) is 11.9 Å². The normalized spacial score (nSPS) is 12.4. The maximum absolute atomic E-state index is 12.4. The molecule has 4 rings (SSSR count). The molecule has 5 nitrogen and oxygen atoms in total. The number of rotatable bonds is 7. The average Bonchev–Trinajstić information content (AvgIpc) is 2.82. The molecule has 0 unspecified atom stereocenters. The number of aliphatic imine (C=N–C) groups is 1. The average molecular weight is 479 g/mol. The van der Waals surface area contributed by atoms with Gasteiger partial charge in [0.15, 0.2) is 12.4 Å². The molecule has 1 aliphatic heterocycles. The molecule has 3 aromatic carbocycles. The van der Waals surface area contributed by atoms with Gasteiger partial charge in [-0.3, -0.25) is 14.6 Å². The third-order valence-corrected chi connectivity index (χ3v) is 5.60. The van der Waals surface area contributed by atoms with Crippen LogP contribution in [-0.2, 0) is 11.2 Å². The molecule has 0 bridgehead atoms. The molecule has 1 N–H and O–H groups in total. The van der Waals surface area contributed by atoms with E-state index in [2.05, 4.69) is 10.3 Å². The molecular weight excluding hydrogens is 459 g/mol. The van der Waals surface area contributed by atoms with Crippen LogP contribution in [0.15, 0.2) is 71.7 Å². The van der Waals surface area contributed by atoms with Crippen molar-refractivity contribution in [3.8, 4) is 5.75 Å². The standard InChI is InChI=1S/C26H20Cl2N2O3/c27-20-10-6-17(22(28)15-20)9-13-23(31)18-7-11-21(12-8-18)30-25(32)16-33-24-5-1-3-19-4-2-14-29-26(19)24/h1,3,5-15H,2,4,16H2,(H,30,32)/b13-9+. The zero-order valence-electron chi connectivity index (χ0n) is 17.6. The van der Waals surface area contributed by atoms with E-state index in [1.807, 2.05) is 18.3 Å². The van der Waals surface area contributed by atoms with Crippen LogP contribution < -0.4 is 10.1 Å². The minimum absolute atomic E-state index is 0.142. The molecule has 1 heterocycles. The summed E-state index contributed by atoms with van der Waals surface area (Å²) in [7, 11) is 0. The highest BCUT2D eigenvalue weighted by atomic mass is 35.5. The van der Waals surface area contributed by atoms with Gasteiger partial charge >= 0.3 is 0 Å². The fraction of sp³-hybridized carbons (Fsp3) is 0.115. The molecule has 0 atom stereocenters. The number of para-hydroxylation sites is 1. The molecule has 1 aliphatic rings. The Bertz CT molecular complexity index is 1250. The molecule has 0 aromatic heterocycles. The fourth-order valence-electron chi connectivity index (χ4n) is 3.36. The predicted octanol–water partition coefficient (Wildman–Crippen LogP) is 6.56. The maximum atomic E-state index is 12.4.